The van der Waals surface area contributed by atoms with E-state index in [1.807, 2.05) is 6.92 Å². The van der Waals surface area contributed by atoms with E-state index < -0.39 is 139 Å². The minimum absolute atomic E-state index is 0.0137. The summed E-state index contributed by atoms with van der Waals surface area (Å²) in [5, 5.41) is 108. The van der Waals surface area contributed by atoms with Gasteiger partial charge in [-0.25, -0.2) is 0 Å². The molecule has 4 heterocycles. The summed E-state index contributed by atoms with van der Waals surface area (Å²) in [4.78, 5) is 13.9. The Balaban J connectivity index is 1.03. The Morgan fingerprint density at radius 3 is 1.85 bits per heavy atom. The zero-order valence-electron chi connectivity index (χ0n) is 39.3. The van der Waals surface area contributed by atoms with Crippen LogP contribution in [0.2, 0.25) is 0 Å². The van der Waals surface area contributed by atoms with Crippen LogP contribution in [0.1, 0.15) is 99.8 Å². The minimum atomic E-state index is -1.90. The monoisotopic (exact) mass is 941 g/mol. The summed E-state index contributed by atoms with van der Waals surface area (Å²) in [6, 6.07) is 0. The van der Waals surface area contributed by atoms with Gasteiger partial charge in [-0.3, -0.25) is 0 Å². The van der Waals surface area contributed by atoms with Crippen LogP contribution in [0.4, 0.5) is 0 Å². The summed E-state index contributed by atoms with van der Waals surface area (Å²) in [6.45, 7) is 14.1. The second kappa shape index (κ2) is 16.9. The van der Waals surface area contributed by atoms with Crippen LogP contribution in [0.5, 0.6) is 0 Å². The Labute approximate surface area is 386 Å². The summed E-state index contributed by atoms with van der Waals surface area (Å²) in [6.07, 6.45) is -14.1. The molecule has 9 rings (SSSR count). The quantitative estimate of drug-likeness (QED) is 0.0815. The maximum absolute atomic E-state index is 13.9. The fraction of sp³-hybridized carbons (Fsp3) is 0.938. The molecule has 5 aliphatic carbocycles. The number of allylic oxidation sites excluding steroid dienone is 1. The first kappa shape index (κ1) is 49.7. The molecule has 0 unspecified atom stereocenters. The molecule has 0 aromatic carbocycles. The van der Waals surface area contributed by atoms with Gasteiger partial charge in [-0.15, -0.1) is 0 Å². The van der Waals surface area contributed by atoms with Crippen LogP contribution in [0.15, 0.2) is 12.2 Å². The van der Waals surface area contributed by atoms with E-state index in [9.17, 15) is 55.9 Å². The van der Waals surface area contributed by atoms with Gasteiger partial charge < -0.3 is 89.0 Å². The highest BCUT2D eigenvalue weighted by Gasteiger charge is 2.79. The molecule has 26 atom stereocenters. The predicted octanol–water partition coefficient (Wildman–Crippen LogP) is -0.192. The van der Waals surface area contributed by atoms with E-state index in [2.05, 4.69) is 46.8 Å². The Morgan fingerprint density at radius 1 is 0.652 bits per heavy atom. The molecule has 4 saturated heterocycles. The van der Waals surface area contributed by atoms with Gasteiger partial charge in [0.2, 0.25) is 0 Å². The molecule has 18 heteroatoms. The molecular formula is C48H76O18. The lowest BCUT2D eigenvalue weighted by atomic mass is 9.32. The summed E-state index contributed by atoms with van der Waals surface area (Å²) in [5.74, 6) is -0.0146. The predicted molar refractivity (Wildman–Crippen MR) is 228 cm³/mol. The van der Waals surface area contributed by atoms with Crippen LogP contribution >= 0.6 is 0 Å². The van der Waals surface area contributed by atoms with E-state index >= 15 is 0 Å². The average molecular weight is 941 g/mol. The number of fused-ring (bicyclic) bond motifs is 4. The van der Waals surface area contributed by atoms with Gasteiger partial charge >= 0.3 is 0 Å². The highest BCUT2D eigenvalue weighted by Crippen LogP contribution is 2.79. The second-order valence-electron chi connectivity index (χ2n) is 23.6. The Kier molecular flexibility index (Phi) is 12.7. The molecule has 10 N–H and O–H groups in total. The van der Waals surface area contributed by atoms with Crippen molar-refractivity contribution in [1.29, 1.82) is 0 Å². The molecule has 1 spiro atoms. The smallest absolute Gasteiger partial charge is 0.187 e. The minimum Gasteiger partial charge on any atom is -0.394 e. The summed E-state index contributed by atoms with van der Waals surface area (Å²) >= 11 is 0. The number of hydrogen-bond donors (Lipinski definition) is 10. The van der Waals surface area contributed by atoms with Gasteiger partial charge in [-0.05, 0) is 86.4 Å². The lowest BCUT2D eigenvalue weighted by Gasteiger charge is -2.73. The van der Waals surface area contributed by atoms with E-state index in [4.69, 9.17) is 33.2 Å². The zero-order valence-corrected chi connectivity index (χ0v) is 39.3. The molecule has 0 aromatic rings. The van der Waals surface area contributed by atoms with Gasteiger partial charge in [-0.1, -0.05) is 53.7 Å². The van der Waals surface area contributed by atoms with Gasteiger partial charge in [0.25, 0.3) is 0 Å². The molecule has 9 aliphatic rings. The highest BCUT2D eigenvalue weighted by molar-refractivity contribution is 5.61. The van der Waals surface area contributed by atoms with Crippen LogP contribution in [0.25, 0.3) is 0 Å². The Hall–Kier alpha value is -1.27. The van der Waals surface area contributed by atoms with Crippen molar-refractivity contribution in [3.63, 3.8) is 0 Å². The molecule has 0 aromatic heterocycles. The van der Waals surface area contributed by atoms with Crippen molar-refractivity contribution in [3.05, 3.63) is 12.2 Å². The largest absolute Gasteiger partial charge is 0.394 e. The normalized spacial score (nSPS) is 58.7. The zero-order chi connectivity index (χ0) is 47.9. The molecular weight excluding hydrogens is 865 g/mol. The van der Waals surface area contributed by atoms with Crippen LogP contribution in [0, 0.1) is 50.2 Å². The van der Waals surface area contributed by atoms with Crippen molar-refractivity contribution in [1.82, 2.24) is 0 Å². The number of rotatable bonds is 9. The van der Waals surface area contributed by atoms with Crippen LogP contribution in [0.3, 0.4) is 0 Å². The van der Waals surface area contributed by atoms with E-state index in [0.717, 1.165) is 32.0 Å². The molecule has 18 nitrogen and oxygen atoms in total. The number of hydrogen-bond acceptors (Lipinski definition) is 18. The Bertz CT molecular complexity index is 1830. The van der Waals surface area contributed by atoms with Crippen molar-refractivity contribution in [3.8, 4) is 0 Å². The van der Waals surface area contributed by atoms with Crippen molar-refractivity contribution in [2.75, 3.05) is 19.8 Å². The average Bonchev–Trinajstić information content (AvgIpc) is 3.55. The number of ether oxygens (including phenoxy) is 7. The molecule has 4 aliphatic heterocycles. The summed E-state index contributed by atoms with van der Waals surface area (Å²) in [7, 11) is 0. The standard InChI is InChI=1S/C48H76O18/c1-22-30(53)37(65-39-35(58)33(56)31(54)23(18-49)62-39)38(66-40-36(59)34(57)32(55)24(19-50)63-40)41(61-22)64-29-10-11-43(4)25(44(29,5)20-51)8-12-45(6)26(43)9-13-48-27-16-42(2,3)14-15-47(27,21-60-48)28(52)17-46(45,48)7/h9,13,20,22-41,49-50,52-59H,8,10-12,14-19,21H2,1-7H3/t22-,23-,24-,25-,26-,27-,28+,29+,30+,31-,32-,33+,34+,35-,36-,37+,38-,39+,40+,41+,43+,44+,45-,46+,47-,48+/m1/s1. The third-order valence-electron chi connectivity index (χ3n) is 19.9. The van der Waals surface area contributed by atoms with E-state index in [-0.39, 0.29) is 34.0 Å². The van der Waals surface area contributed by atoms with Crippen molar-refractivity contribution >= 4 is 6.29 Å². The SMILES string of the molecule is C[C@H]1O[C@@H](O[C@H]2CC[C@]3(C)[C@H]4C=C[C@]56OC[C@@]7(CCC(C)(C)C[C@H]75)[C@@H](O)C[C@@]6(C)[C@]4(C)CC[C@H]3[C@]2(C)C=O)[C@H](O[C@@H]2O[C@H](CO)[C@@H](O)[C@H](O)[C@H]2O)[C@@H](O[C@@H]2O[C@H](CO)[C@@H](O)[C@H](O)[C@H]2O)[C@H]1O. The fourth-order valence-electron chi connectivity index (χ4n) is 15.6. The van der Waals surface area contributed by atoms with E-state index in [1.54, 1.807) is 0 Å². The van der Waals surface area contributed by atoms with E-state index in [1.165, 1.54) is 6.92 Å². The lowest BCUT2D eigenvalue weighted by molar-refractivity contribution is -0.396. The molecule has 0 amide bonds. The van der Waals surface area contributed by atoms with Gasteiger partial charge in [0.05, 0.1) is 49.1 Å². The maximum atomic E-state index is 13.9. The molecule has 2 bridgehead atoms. The second-order valence-corrected chi connectivity index (χ2v) is 23.6. The van der Waals surface area contributed by atoms with Crippen LogP contribution in [-0.4, -0.2) is 187 Å². The first-order valence-electron chi connectivity index (χ1n) is 24.3. The van der Waals surface area contributed by atoms with Crippen molar-refractivity contribution < 1.29 is 89.0 Å². The number of carbonyl (C=O) groups excluding carboxylic acids is 1. The fourth-order valence-corrected chi connectivity index (χ4v) is 15.6. The molecule has 66 heavy (non-hydrogen) atoms. The van der Waals surface area contributed by atoms with Crippen molar-refractivity contribution in [2.45, 2.75) is 210 Å². The third-order valence-corrected chi connectivity index (χ3v) is 19.9. The first-order valence-corrected chi connectivity index (χ1v) is 24.3. The molecule has 4 saturated carbocycles. The number of carbonyl (C=O) groups is 1. The third kappa shape index (κ3) is 6.93. The molecule has 0 radical (unpaired) electrons. The van der Waals surface area contributed by atoms with Gasteiger partial charge in [0, 0.05) is 16.7 Å². The summed E-state index contributed by atoms with van der Waals surface area (Å²) < 4.78 is 44.2. The molecule has 376 valence electrons. The Morgan fingerprint density at radius 2 is 1.26 bits per heavy atom. The van der Waals surface area contributed by atoms with E-state index in [0.29, 0.717) is 32.3 Å². The van der Waals surface area contributed by atoms with Gasteiger partial charge in [0.15, 0.2) is 18.9 Å². The number of aldehydes is 1. The van der Waals surface area contributed by atoms with Crippen molar-refractivity contribution in [2.24, 2.45) is 50.2 Å². The summed E-state index contributed by atoms with van der Waals surface area (Å²) in [5.41, 5.74) is -2.93. The lowest BCUT2D eigenvalue weighted by Crippen LogP contribution is -2.72. The van der Waals surface area contributed by atoms with Crippen LogP contribution < -0.4 is 0 Å². The molecule has 8 fully saturated rings. The first-order chi connectivity index (χ1) is 30.9. The maximum Gasteiger partial charge on any atom is 0.187 e. The van der Waals surface area contributed by atoms with Gasteiger partial charge in [0.1, 0.15) is 73.4 Å². The van der Waals surface area contributed by atoms with Crippen LogP contribution in [-0.2, 0) is 38.0 Å². The number of aliphatic hydroxyl groups is 10. The number of aliphatic hydroxyl groups excluding tert-OH is 10. The van der Waals surface area contributed by atoms with Gasteiger partial charge in [-0.2, -0.15) is 0 Å². The highest BCUT2D eigenvalue weighted by atomic mass is 16.8. The topological polar surface area (TPSA) is 284 Å².